The maximum atomic E-state index is 6.10. The van der Waals surface area contributed by atoms with Crippen molar-refractivity contribution in [1.82, 2.24) is 4.90 Å². The lowest BCUT2D eigenvalue weighted by Gasteiger charge is -2.47. The number of hydrogen-bond acceptors (Lipinski definition) is 2. The normalized spacial score (nSPS) is 34.3. The van der Waals surface area contributed by atoms with Crippen LogP contribution in [0.2, 0.25) is 0 Å². The van der Waals surface area contributed by atoms with E-state index in [0.717, 1.165) is 30.5 Å². The molecule has 2 saturated carbocycles. The van der Waals surface area contributed by atoms with Crippen molar-refractivity contribution in [2.24, 2.45) is 23.0 Å². The van der Waals surface area contributed by atoms with Crippen LogP contribution in [0, 0.1) is 17.3 Å². The highest BCUT2D eigenvalue weighted by Gasteiger charge is 2.36. The molecule has 124 valence electrons. The highest BCUT2D eigenvalue weighted by Crippen LogP contribution is 2.40. The largest absolute Gasteiger partial charge is 0.330 e. The second-order valence-corrected chi connectivity index (χ2v) is 8.59. The van der Waals surface area contributed by atoms with Crippen LogP contribution in [0.5, 0.6) is 0 Å². The predicted octanol–water partition coefficient (Wildman–Crippen LogP) is 4.43. The van der Waals surface area contributed by atoms with Crippen molar-refractivity contribution in [3.05, 3.63) is 0 Å². The quantitative estimate of drug-likeness (QED) is 0.812. The first kappa shape index (κ1) is 17.3. The van der Waals surface area contributed by atoms with Crippen LogP contribution in [0.15, 0.2) is 0 Å². The van der Waals surface area contributed by atoms with Crippen molar-refractivity contribution in [3.63, 3.8) is 0 Å². The molecule has 0 aromatic carbocycles. The van der Waals surface area contributed by atoms with E-state index < -0.39 is 0 Å². The molecular formula is C19H38N2. The highest BCUT2D eigenvalue weighted by atomic mass is 15.2. The zero-order valence-electron chi connectivity index (χ0n) is 14.9. The lowest BCUT2D eigenvalue weighted by Crippen LogP contribution is -2.50. The first-order valence-electron chi connectivity index (χ1n) is 9.39. The molecule has 3 unspecified atom stereocenters. The van der Waals surface area contributed by atoms with E-state index in [2.05, 4.69) is 32.7 Å². The van der Waals surface area contributed by atoms with Gasteiger partial charge in [0.25, 0.3) is 0 Å². The number of rotatable bonds is 5. The minimum Gasteiger partial charge on any atom is -0.330 e. The van der Waals surface area contributed by atoms with Gasteiger partial charge in [0.05, 0.1) is 0 Å². The molecule has 0 amide bonds. The predicted molar refractivity (Wildman–Crippen MR) is 92.4 cm³/mol. The summed E-state index contributed by atoms with van der Waals surface area (Å²) in [6.45, 7) is 8.08. The van der Waals surface area contributed by atoms with Crippen LogP contribution in [0.25, 0.3) is 0 Å². The zero-order valence-corrected chi connectivity index (χ0v) is 14.9. The van der Waals surface area contributed by atoms with Gasteiger partial charge in [-0.25, -0.2) is 0 Å². The Balaban J connectivity index is 1.96. The van der Waals surface area contributed by atoms with Gasteiger partial charge in [-0.3, -0.25) is 0 Å². The van der Waals surface area contributed by atoms with Gasteiger partial charge < -0.3 is 10.6 Å². The molecule has 3 atom stereocenters. The van der Waals surface area contributed by atoms with Gasteiger partial charge in [0.1, 0.15) is 0 Å². The van der Waals surface area contributed by atoms with Crippen molar-refractivity contribution >= 4 is 0 Å². The molecule has 2 nitrogen and oxygen atoms in total. The Kier molecular flexibility index (Phi) is 6.14. The molecule has 2 heteroatoms. The van der Waals surface area contributed by atoms with Crippen molar-refractivity contribution in [3.8, 4) is 0 Å². The van der Waals surface area contributed by atoms with Crippen molar-refractivity contribution in [2.75, 3.05) is 13.6 Å². The van der Waals surface area contributed by atoms with Crippen LogP contribution in [0.1, 0.15) is 78.6 Å². The lowest BCUT2D eigenvalue weighted by atomic mass is 9.72. The minimum atomic E-state index is 0.571. The summed E-state index contributed by atoms with van der Waals surface area (Å²) in [7, 11) is 2.39. The van der Waals surface area contributed by atoms with Gasteiger partial charge >= 0.3 is 0 Å². The summed E-state index contributed by atoms with van der Waals surface area (Å²) in [4.78, 5) is 2.74. The fraction of sp³-hybridized carbons (Fsp3) is 1.00. The average Bonchev–Trinajstić information content (AvgIpc) is 2.47. The highest BCUT2D eigenvalue weighted by molar-refractivity contribution is 4.91. The van der Waals surface area contributed by atoms with E-state index in [4.69, 9.17) is 5.73 Å². The Morgan fingerprint density at radius 1 is 1.10 bits per heavy atom. The molecule has 0 saturated heterocycles. The molecule has 0 aromatic rings. The first-order chi connectivity index (χ1) is 9.96. The summed E-state index contributed by atoms with van der Waals surface area (Å²) in [6.07, 6.45) is 12.5. The van der Waals surface area contributed by atoms with Gasteiger partial charge in [-0.05, 0) is 69.4 Å². The molecule has 2 N–H and O–H groups in total. The SMILES string of the molecule is CCCC1CCC(CN)C(N(C)C2CCC(C)(C)CC2)C1. The maximum absolute atomic E-state index is 6.10. The average molecular weight is 295 g/mol. The molecule has 2 aliphatic carbocycles. The third kappa shape index (κ3) is 4.45. The Morgan fingerprint density at radius 3 is 2.33 bits per heavy atom. The summed E-state index contributed by atoms with van der Waals surface area (Å²) in [5.74, 6) is 1.68. The van der Waals surface area contributed by atoms with Gasteiger partial charge in [-0.2, -0.15) is 0 Å². The fourth-order valence-corrected chi connectivity index (χ4v) is 4.80. The molecule has 0 heterocycles. The summed E-state index contributed by atoms with van der Waals surface area (Å²) < 4.78 is 0. The van der Waals surface area contributed by atoms with Crippen molar-refractivity contribution in [1.29, 1.82) is 0 Å². The van der Waals surface area contributed by atoms with E-state index >= 15 is 0 Å². The van der Waals surface area contributed by atoms with Gasteiger partial charge in [0, 0.05) is 12.1 Å². The van der Waals surface area contributed by atoms with Crippen LogP contribution in [-0.2, 0) is 0 Å². The minimum absolute atomic E-state index is 0.571. The molecule has 0 aromatic heterocycles. The first-order valence-corrected chi connectivity index (χ1v) is 9.39. The van der Waals surface area contributed by atoms with Crippen molar-refractivity contribution < 1.29 is 0 Å². The van der Waals surface area contributed by atoms with E-state index in [1.807, 2.05) is 0 Å². The second-order valence-electron chi connectivity index (χ2n) is 8.59. The van der Waals surface area contributed by atoms with Crippen LogP contribution in [-0.4, -0.2) is 30.6 Å². The standard InChI is InChI=1S/C19H38N2/c1-5-6-15-7-8-16(14-20)18(13-15)21(4)17-9-11-19(2,3)12-10-17/h15-18H,5-14,20H2,1-4H3. The summed E-state index contributed by atoms with van der Waals surface area (Å²) in [5.41, 5.74) is 6.67. The molecule has 0 bridgehead atoms. The summed E-state index contributed by atoms with van der Waals surface area (Å²) in [6, 6.07) is 1.55. The maximum Gasteiger partial charge on any atom is 0.0138 e. The van der Waals surface area contributed by atoms with Crippen LogP contribution < -0.4 is 5.73 Å². The number of hydrogen-bond donors (Lipinski definition) is 1. The van der Waals surface area contributed by atoms with E-state index in [9.17, 15) is 0 Å². The molecule has 0 aliphatic heterocycles. The van der Waals surface area contributed by atoms with E-state index in [0.29, 0.717) is 5.41 Å². The molecule has 2 rings (SSSR count). The van der Waals surface area contributed by atoms with Gasteiger partial charge in [-0.1, -0.05) is 40.0 Å². The molecule has 0 radical (unpaired) electrons. The van der Waals surface area contributed by atoms with E-state index in [1.54, 1.807) is 0 Å². The lowest BCUT2D eigenvalue weighted by molar-refractivity contribution is 0.0360. The Hall–Kier alpha value is -0.0800. The molecule has 2 aliphatic rings. The van der Waals surface area contributed by atoms with Gasteiger partial charge in [0.15, 0.2) is 0 Å². The third-order valence-corrected chi connectivity index (χ3v) is 6.47. The zero-order chi connectivity index (χ0) is 15.5. The topological polar surface area (TPSA) is 29.3 Å². The van der Waals surface area contributed by atoms with Crippen LogP contribution in [0.4, 0.5) is 0 Å². The molecule has 0 spiro atoms. The number of nitrogens with two attached hydrogens (primary N) is 1. The van der Waals surface area contributed by atoms with Crippen molar-refractivity contribution in [2.45, 2.75) is 90.6 Å². The third-order valence-electron chi connectivity index (χ3n) is 6.47. The Labute approximate surface area is 132 Å². The molecular weight excluding hydrogens is 256 g/mol. The molecule has 2 fully saturated rings. The monoisotopic (exact) mass is 294 g/mol. The smallest absolute Gasteiger partial charge is 0.0138 e. The van der Waals surface area contributed by atoms with Gasteiger partial charge in [0.2, 0.25) is 0 Å². The second kappa shape index (κ2) is 7.46. The van der Waals surface area contributed by atoms with Crippen LogP contribution >= 0.6 is 0 Å². The van der Waals surface area contributed by atoms with E-state index in [-0.39, 0.29) is 0 Å². The van der Waals surface area contributed by atoms with Gasteiger partial charge in [-0.15, -0.1) is 0 Å². The summed E-state index contributed by atoms with van der Waals surface area (Å²) >= 11 is 0. The number of nitrogens with zero attached hydrogens (tertiary/aromatic N) is 1. The van der Waals surface area contributed by atoms with E-state index in [1.165, 1.54) is 57.8 Å². The van der Waals surface area contributed by atoms with Crippen LogP contribution in [0.3, 0.4) is 0 Å². The Bertz CT molecular complexity index is 303. The fourth-order valence-electron chi connectivity index (χ4n) is 4.80. The molecule has 21 heavy (non-hydrogen) atoms. The summed E-state index contributed by atoms with van der Waals surface area (Å²) in [5, 5.41) is 0. The Morgan fingerprint density at radius 2 is 1.76 bits per heavy atom.